The molecule has 0 saturated heterocycles. The van der Waals surface area contributed by atoms with Gasteiger partial charge in [0.05, 0.1) is 5.75 Å². The highest BCUT2D eigenvalue weighted by Crippen LogP contribution is 2.23. The molecule has 5 nitrogen and oxygen atoms in total. The number of carbonyl (C=O) groups excluding carboxylic acids is 1. The number of thioether (sulfide) groups is 1. The van der Waals surface area contributed by atoms with Gasteiger partial charge >= 0.3 is 5.97 Å². The van der Waals surface area contributed by atoms with Crippen molar-refractivity contribution in [2.24, 2.45) is 0 Å². The molecular formula is C19H18N2O3S. The number of benzene rings is 2. The minimum atomic E-state index is -0.315. The van der Waals surface area contributed by atoms with Crippen molar-refractivity contribution in [1.29, 1.82) is 0 Å². The number of aryl methyl sites for hydroxylation is 2. The van der Waals surface area contributed by atoms with Crippen LogP contribution in [-0.2, 0) is 16.1 Å². The van der Waals surface area contributed by atoms with Crippen LogP contribution in [0.1, 0.15) is 17.0 Å². The second-order valence-corrected chi connectivity index (χ2v) is 6.61. The lowest BCUT2D eigenvalue weighted by Crippen LogP contribution is -2.07. The lowest BCUT2D eigenvalue weighted by molar-refractivity contribution is -0.142. The molecule has 0 aliphatic heterocycles. The Kier molecular flexibility index (Phi) is 5.50. The fourth-order valence-electron chi connectivity index (χ4n) is 2.30. The SMILES string of the molecule is Cc1ccc(SCC(=O)OCc2nc(-c3ccccc3)no2)c(C)c1. The number of rotatable bonds is 6. The van der Waals surface area contributed by atoms with Crippen molar-refractivity contribution < 1.29 is 14.1 Å². The molecule has 128 valence electrons. The van der Waals surface area contributed by atoms with E-state index in [0.29, 0.717) is 5.82 Å². The average molecular weight is 354 g/mol. The van der Waals surface area contributed by atoms with Gasteiger partial charge in [0.25, 0.3) is 5.89 Å². The van der Waals surface area contributed by atoms with Crippen molar-refractivity contribution in [1.82, 2.24) is 10.1 Å². The summed E-state index contributed by atoms with van der Waals surface area (Å²) in [6.07, 6.45) is 0. The first-order valence-corrected chi connectivity index (χ1v) is 8.84. The van der Waals surface area contributed by atoms with Gasteiger partial charge in [0, 0.05) is 10.5 Å². The van der Waals surface area contributed by atoms with E-state index in [1.165, 1.54) is 17.3 Å². The maximum absolute atomic E-state index is 11.9. The van der Waals surface area contributed by atoms with E-state index in [1.54, 1.807) is 0 Å². The summed E-state index contributed by atoms with van der Waals surface area (Å²) in [6, 6.07) is 15.6. The number of carbonyl (C=O) groups is 1. The summed E-state index contributed by atoms with van der Waals surface area (Å²) in [6.45, 7) is 4.06. The first kappa shape index (κ1) is 17.2. The summed E-state index contributed by atoms with van der Waals surface area (Å²) >= 11 is 1.46. The number of hydrogen-bond donors (Lipinski definition) is 0. The Balaban J connectivity index is 1.50. The fraction of sp³-hybridized carbons (Fsp3) is 0.211. The third-order valence-electron chi connectivity index (χ3n) is 3.53. The van der Waals surface area contributed by atoms with E-state index < -0.39 is 0 Å². The molecule has 0 radical (unpaired) electrons. The van der Waals surface area contributed by atoms with Gasteiger partial charge in [-0.25, -0.2) is 0 Å². The summed E-state index contributed by atoms with van der Waals surface area (Å²) in [4.78, 5) is 17.2. The van der Waals surface area contributed by atoms with Crippen LogP contribution in [0.3, 0.4) is 0 Å². The summed E-state index contributed by atoms with van der Waals surface area (Å²) in [5.74, 6) is 0.688. The summed E-state index contributed by atoms with van der Waals surface area (Å²) in [5.41, 5.74) is 3.21. The summed E-state index contributed by atoms with van der Waals surface area (Å²) in [5, 5.41) is 3.90. The van der Waals surface area contributed by atoms with Crippen LogP contribution < -0.4 is 0 Å². The Morgan fingerprint density at radius 3 is 2.72 bits per heavy atom. The molecule has 0 N–H and O–H groups in total. The molecule has 0 amide bonds. The van der Waals surface area contributed by atoms with Crippen molar-refractivity contribution >= 4 is 17.7 Å². The standard InChI is InChI=1S/C19H18N2O3S/c1-13-8-9-16(14(2)10-13)25-12-18(22)23-11-17-20-19(21-24-17)15-6-4-3-5-7-15/h3-10H,11-12H2,1-2H3. The third kappa shape index (κ3) is 4.70. The van der Waals surface area contributed by atoms with Crippen LogP contribution in [0.5, 0.6) is 0 Å². The molecule has 0 aliphatic rings. The molecular weight excluding hydrogens is 336 g/mol. The second-order valence-electron chi connectivity index (χ2n) is 5.60. The molecule has 0 bridgehead atoms. The summed E-state index contributed by atoms with van der Waals surface area (Å²) in [7, 11) is 0. The van der Waals surface area contributed by atoms with Gasteiger partial charge in [-0.3, -0.25) is 4.79 Å². The smallest absolute Gasteiger partial charge is 0.316 e. The molecule has 0 spiro atoms. The first-order chi connectivity index (χ1) is 12.1. The van der Waals surface area contributed by atoms with E-state index in [4.69, 9.17) is 9.26 Å². The van der Waals surface area contributed by atoms with Crippen LogP contribution in [0.25, 0.3) is 11.4 Å². The van der Waals surface area contributed by atoms with Crippen LogP contribution in [0.15, 0.2) is 57.9 Å². The van der Waals surface area contributed by atoms with E-state index >= 15 is 0 Å². The van der Waals surface area contributed by atoms with Crippen molar-refractivity contribution in [3.8, 4) is 11.4 Å². The minimum absolute atomic E-state index is 0.0217. The molecule has 6 heteroatoms. The molecule has 3 aromatic rings. The van der Waals surface area contributed by atoms with Crippen LogP contribution in [0, 0.1) is 13.8 Å². The van der Waals surface area contributed by atoms with Gasteiger partial charge in [0.2, 0.25) is 5.82 Å². The highest BCUT2D eigenvalue weighted by atomic mass is 32.2. The normalized spacial score (nSPS) is 10.6. The van der Waals surface area contributed by atoms with Gasteiger partial charge in [-0.1, -0.05) is 53.2 Å². The lowest BCUT2D eigenvalue weighted by atomic mass is 10.2. The molecule has 1 heterocycles. The van der Waals surface area contributed by atoms with Crippen molar-refractivity contribution in [2.45, 2.75) is 25.3 Å². The van der Waals surface area contributed by atoms with E-state index in [1.807, 2.05) is 56.3 Å². The third-order valence-corrected chi connectivity index (χ3v) is 4.68. The Labute approximate surface area is 150 Å². The fourth-order valence-corrected chi connectivity index (χ4v) is 3.11. The zero-order valence-electron chi connectivity index (χ0n) is 14.1. The Morgan fingerprint density at radius 1 is 1.16 bits per heavy atom. The predicted molar refractivity (Wildman–Crippen MR) is 96.2 cm³/mol. The molecule has 25 heavy (non-hydrogen) atoms. The van der Waals surface area contributed by atoms with Crippen molar-refractivity contribution in [3.05, 3.63) is 65.5 Å². The number of ether oxygens (including phenoxy) is 1. The van der Waals surface area contributed by atoms with Gasteiger partial charge in [-0.2, -0.15) is 4.98 Å². The largest absolute Gasteiger partial charge is 0.455 e. The zero-order valence-corrected chi connectivity index (χ0v) is 14.9. The van der Waals surface area contributed by atoms with E-state index in [9.17, 15) is 4.79 Å². The van der Waals surface area contributed by atoms with Gasteiger partial charge < -0.3 is 9.26 Å². The average Bonchev–Trinajstić information content (AvgIpc) is 3.09. The van der Waals surface area contributed by atoms with Crippen LogP contribution in [0.4, 0.5) is 0 Å². The van der Waals surface area contributed by atoms with Gasteiger partial charge in [0.15, 0.2) is 6.61 Å². The maximum Gasteiger partial charge on any atom is 0.316 e. The van der Waals surface area contributed by atoms with Crippen molar-refractivity contribution in [2.75, 3.05) is 5.75 Å². The number of aromatic nitrogens is 2. The first-order valence-electron chi connectivity index (χ1n) is 7.85. The monoisotopic (exact) mass is 354 g/mol. The molecule has 0 unspecified atom stereocenters. The molecule has 0 saturated carbocycles. The van der Waals surface area contributed by atoms with Crippen LogP contribution >= 0.6 is 11.8 Å². The van der Waals surface area contributed by atoms with E-state index in [-0.39, 0.29) is 24.2 Å². The molecule has 0 aliphatic carbocycles. The predicted octanol–water partition coefficient (Wildman–Crippen LogP) is 4.19. The molecule has 0 fully saturated rings. The Morgan fingerprint density at radius 2 is 1.96 bits per heavy atom. The number of nitrogens with zero attached hydrogens (tertiary/aromatic N) is 2. The molecule has 1 aromatic heterocycles. The van der Waals surface area contributed by atoms with E-state index in [0.717, 1.165) is 16.0 Å². The highest BCUT2D eigenvalue weighted by Gasteiger charge is 2.11. The zero-order chi connectivity index (χ0) is 17.6. The topological polar surface area (TPSA) is 65.2 Å². The molecule has 3 rings (SSSR count). The second kappa shape index (κ2) is 7.98. The van der Waals surface area contributed by atoms with Crippen LogP contribution in [-0.4, -0.2) is 21.9 Å². The lowest BCUT2D eigenvalue weighted by Gasteiger charge is -2.06. The highest BCUT2D eigenvalue weighted by molar-refractivity contribution is 8.00. The van der Waals surface area contributed by atoms with Crippen LogP contribution in [0.2, 0.25) is 0 Å². The molecule has 2 aromatic carbocycles. The Bertz CT molecular complexity index is 862. The number of hydrogen-bond acceptors (Lipinski definition) is 6. The van der Waals surface area contributed by atoms with Gasteiger partial charge in [0.1, 0.15) is 0 Å². The quantitative estimate of drug-likeness (QED) is 0.488. The Hall–Kier alpha value is -2.60. The maximum atomic E-state index is 11.9. The van der Waals surface area contributed by atoms with Gasteiger partial charge in [-0.15, -0.1) is 11.8 Å². The summed E-state index contributed by atoms with van der Waals surface area (Å²) < 4.78 is 10.3. The minimum Gasteiger partial charge on any atom is -0.455 e. The van der Waals surface area contributed by atoms with Gasteiger partial charge in [-0.05, 0) is 25.5 Å². The van der Waals surface area contributed by atoms with Crippen molar-refractivity contribution in [3.63, 3.8) is 0 Å². The molecule has 0 atom stereocenters. The number of esters is 1. The van der Waals surface area contributed by atoms with E-state index in [2.05, 4.69) is 16.2 Å².